The van der Waals surface area contributed by atoms with Crippen LogP contribution in [-0.4, -0.2) is 68.4 Å². The molecule has 198 valence electrons. The number of methoxy groups -OCH3 is 1. The lowest BCUT2D eigenvalue weighted by molar-refractivity contribution is 0.202. The lowest BCUT2D eigenvalue weighted by atomic mass is 10.1. The molecule has 0 N–H and O–H groups in total. The van der Waals surface area contributed by atoms with Gasteiger partial charge in [-0.2, -0.15) is 0 Å². The van der Waals surface area contributed by atoms with E-state index in [0.717, 1.165) is 79.9 Å². The Kier molecular flexibility index (Phi) is 8.58. The lowest BCUT2D eigenvalue weighted by Gasteiger charge is -2.36. The molecule has 0 radical (unpaired) electrons. The Morgan fingerprint density at radius 2 is 1.58 bits per heavy atom. The van der Waals surface area contributed by atoms with Crippen LogP contribution in [0.15, 0.2) is 89.5 Å². The summed E-state index contributed by atoms with van der Waals surface area (Å²) in [6.07, 6.45) is 0. The van der Waals surface area contributed by atoms with Crippen molar-refractivity contribution in [3.63, 3.8) is 0 Å². The molecule has 2 heterocycles. The Morgan fingerprint density at radius 1 is 0.868 bits per heavy atom. The Labute approximate surface area is 225 Å². The molecule has 1 aliphatic rings. The molecule has 38 heavy (non-hydrogen) atoms. The molecule has 0 bridgehead atoms. The molecule has 5 rings (SSSR count). The summed E-state index contributed by atoms with van der Waals surface area (Å²) in [4.78, 5) is 7.27. The Balaban J connectivity index is 1.04. The summed E-state index contributed by atoms with van der Waals surface area (Å²) in [5, 5.41) is 4.29. The topological polar surface area (TPSA) is 54.2 Å². The number of ether oxygens (including phenoxy) is 2. The molecule has 0 spiro atoms. The van der Waals surface area contributed by atoms with Gasteiger partial charge in [-0.15, -0.1) is 0 Å². The van der Waals surface area contributed by atoms with Crippen molar-refractivity contribution in [2.75, 3.05) is 58.3 Å². The van der Waals surface area contributed by atoms with Crippen LogP contribution in [0, 0.1) is 0 Å². The average Bonchev–Trinajstić information content (AvgIpc) is 3.44. The second-order valence-electron chi connectivity index (χ2n) is 9.74. The van der Waals surface area contributed by atoms with Crippen molar-refractivity contribution in [1.82, 2.24) is 15.0 Å². The summed E-state index contributed by atoms with van der Waals surface area (Å²) in [6, 6.07) is 28.6. The molecule has 1 fully saturated rings. The number of hydrogen-bond donors (Lipinski definition) is 0. The fourth-order valence-corrected chi connectivity index (χ4v) is 4.67. The summed E-state index contributed by atoms with van der Waals surface area (Å²) in [7, 11) is 3.84. The van der Waals surface area contributed by atoms with Crippen LogP contribution in [0.5, 0.6) is 11.5 Å². The maximum atomic E-state index is 5.89. The molecule has 7 heteroatoms. The van der Waals surface area contributed by atoms with Crippen molar-refractivity contribution in [3.8, 4) is 22.8 Å². The van der Waals surface area contributed by atoms with Gasteiger partial charge in [0.05, 0.1) is 13.7 Å². The van der Waals surface area contributed by atoms with E-state index in [2.05, 4.69) is 51.2 Å². The summed E-state index contributed by atoms with van der Waals surface area (Å²) >= 11 is 0. The fraction of sp³-hybridized carbons (Fsp3) is 0.323. The normalized spacial score (nSPS) is 14.1. The molecule has 0 atom stereocenters. The van der Waals surface area contributed by atoms with Crippen LogP contribution in [0.1, 0.15) is 11.3 Å². The van der Waals surface area contributed by atoms with Crippen LogP contribution in [-0.2, 0) is 13.2 Å². The predicted molar refractivity (Wildman–Crippen MR) is 151 cm³/mol. The number of benzene rings is 3. The molecule has 0 unspecified atom stereocenters. The van der Waals surface area contributed by atoms with E-state index in [-0.39, 0.29) is 0 Å². The largest absolute Gasteiger partial charge is 0.497 e. The van der Waals surface area contributed by atoms with Gasteiger partial charge in [0.2, 0.25) is 0 Å². The Bertz CT molecular complexity index is 1250. The molecule has 3 aromatic carbocycles. The van der Waals surface area contributed by atoms with Gasteiger partial charge in [0.15, 0.2) is 5.76 Å². The minimum Gasteiger partial charge on any atom is -0.497 e. The third-order valence-corrected chi connectivity index (χ3v) is 6.99. The van der Waals surface area contributed by atoms with Crippen molar-refractivity contribution in [2.24, 2.45) is 0 Å². The second kappa shape index (κ2) is 12.6. The lowest BCUT2D eigenvalue weighted by Crippen LogP contribution is -2.48. The van der Waals surface area contributed by atoms with Crippen molar-refractivity contribution >= 4 is 5.69 Å². The van der Waals surface area contributed by atoms with Gasteiger partial charge in [-0.3, -0.25) is 9.80 Å². The Hall–Kier alpha value is -3.81. The highest BCUT2D eigenvalue weighted by molar-refractivity contribution is 5.59. The molecule has 0 saturated carbocycles. The minimum atomic E-state index is 0.555. The first-order chi connectivity index (χ1) is 18.7. The number of aromatic nitrogens is 1. The van der Waals surface area contributed by atoms with Crippen LogP contribution in [0.25, 0.3) is 11.3 Å². The molecular formula is C31H36N4O3. The van der Waals surface area contributed by atoms with Crippen molar-refractivity contribution in [2.45, 2.75) is 13.2 Å². The molecule has 1 aliphatic heterocycles. The Morgan fingerprint density at radius 3 is 2.29 bits per heavy atom. The number of hydrogen-bond acceptors (Lipinski definition) is 7. The number of piperazine rings is 1. The van der Waals surface area contributed by atoms with E-state index >= 15 is 0 Å². The minimum absolute atomic E-state index is 0.555. The molecule has 7 nitrogen and oxygen atoms in total. The predicted octanol–water partition coefficient (Wildman–Crippen LogP) is 5.18. The standard InChI is InChI=1S/C31H36N4O3/c1-33(16-17-34-18-20-35(21-19-34)27-10-14-28(36-2)15-11-27)23-30-22-31(32-38-30)26-8-12-29(13-9-26)37-24-25-6-4-3-5-7-25/h3-15,22H,16-21,23-24H2,1-2H3. The third-order valence-electron chi connectivity index (χ3n) is 6.99. The molecule has 0 amide bonds. The van der Waals surface area contributed by atoms with Crippen LogP contribution >= 0.6 is 0 Å². The van der Waals surface area contributed by atoms with Gasteiger partial charge in [0.25, 0.3) is 0 Å². The van der Waals surface area contributed by atoms with Crippen molar-refractivity contribution < 1.29 is 14.0 Å². The number of nitrogens with zero attached hydrogens (tertiary/aromatic N) is 4. The van der Waals surface area contributed by atoms with Gasteiger partial charge in [0, 0.05) is 56.6 Å². The highest BCUT2D eigenvalue weighted by Gasteiger charge is 2.18. The highest BCUT2D eigenvalue weighted by Crippen LogP contribution is 2.24. The maximum Gasteiger partial charge on any atom is 0.151 e. The number of rotatable bonds is 11. The second-order valence-corrected chi connectivity index (χ2v) is 9.74. The highest BCUT2D eigenvalue weighted by atomic mass is 16.5. The maximum absolute atomic E-state index is 5.89. The van der Waals surface area contributed by atoms with E-state index in [1.807, 2.05) is 60.7 Å². The first-order valence-electron chi connectivity index (χ1n) is 13.2. The average molecular weight is 513 g/mol. The molecule has 1 aromatic heterocycles. The van der Waals surface area contributed by atoms with Gasteiger partial charge in [0.1, 0.15) is 23.8 Å². The quantitative estimate of drug-likeness (QED) is 0.274. The molecule has 4 aromatic rings. The van der Waals surface area contributed by atoms with Crippen LogP contribution in [0.4, 0.5) is 5.69 Å². The smallest absolute Gasteiger partial charge is 0.151 e. The van der Waals surface area contributed by atoms with Gasteiger partial charge in [-0.25, -0.2) is 0 Å². The van der Waals surface area contributed by atoms with E-state index in [4.69, 9.17) is 14.0 Å². The van der Waals surface area contributed by atoms with E-state index in [9.17, 15) is 0 Å². The van der Waals surface area contributed by atoms with E-state index in [1.165, 1.54) is 5.69 Å². The van der Waals surface area contributed by atoms with E-state index in [0.29, 0.717) is 6.61 Å². The number of likely N-dealkylation sites (N-methyl/N-ethyl adjacent to an activating group) is 1. The first-order valence-corrected chi connectivity index (χ1v) is 13.2. The van der Waals surface area contributed by atoms with Gasteiger partial charge in [-0.05, 0) is 61.1 Å². The third kappa shape index (κ3) is 6.94. The van der Waals surface area contributed by atoms with Crippen molar-refractivity contribution in [3.05, 3.63) is 96.3 Å². The summed E-state index contributed by atoms with van der Waals surface area (Å²) in [5.41, 5.74) is 4.28. The van der Waals surface area contributed by atoms with Gasteiger partial charge >= 0.3 is 0 Å². The zero-order valence-electron chi connectivity index (χ0n) is 22.3. The van der Waals surface area contributed by atoms with E-state index < -0.39 is 0 Å². The van der Waals surface area contributed by atoms with Crippen LogP contribution < -0.4 is 14.4 Å². The van der Waals surface area contributed by atoms with Crippen molar-refractivity contribution in [1.29, 1.82) is 0 Å². The summed E-state index contributed by atoms with van der Waals surface area (Å²) < 4.78 is 16.8. The van der Waals surface area contributed by atoms with Crippen LogP contribution in [0.3, 0.4) is 0 Å². The monoisotopic (exact) mass is 512 g/mol. The fourth-order valence-electron chi connectivity index (χ4n) is 4.67. The van der Waals surface area contributed by atoms with E-state index in [1.54, 1.807) is 7.11 Å². The number of anilines is 1. The van der Waals surface area contributed by atoms with Gasteiger partial charge < -0.3 is 18.9 Å². The van der Waals surface area contributed by atoms with Gasteiger partial charge in [-0.1, -0.05) is 35.5 Å². The SMILES string of the molecule is COc1ccc(N2CCN(CCN(C)Cc3cc(-c4ccc(OCc5ccccc5)cc4)no3)CC2)cc1. The first kappa shape index (κ1) is 25.8. The zero-order valence-corrected chi connectivity index (χ0v) is 22.3. The molecular weight excluding hydrogens is 476 g/mol. The molecule has 0 aliphatic carbocycles. The molecule has 1 saturated heterocycles. The summed E-state index contributed by atoms with van der Waals surface area (Å²) in [5.74, 6) is 2.61. The summed E-state index contributed by atoms with van der Waals surface area (Å²) in [6.45, 7) is 7.52. The van der Waals surface area contributed by atoms with Crippen LogP contribution in [0.2, 0.25) is 0 Å². The zero-order chi connectivity index (χ0) is 26.2.